The minimum Gasteiger partial charge on any atom is -0.341 e. The Morgan fingerprint density at radius 2 is 1.88 bits per heavy atom. The maximum Gasteiger partial charge on any atom is 0.246 e. The highest BCUT2D eigenvalue weighted by Gasteiger charge is 2.29. The van der Waals surface area contributed by atoms with Crippen LogP contribution in [0.4, 0.5) is 0 Å². The van der Waals surface area contributed by atoms with Crippen LogP contribution in [-0.2, 0) is 21.9 Å². The summed E-state index contributed by atoms with van der Waals surface area (Å²) < 4.78 is 28.4. The zero-order valence-electron chi connectivity index (χ0n) is 14.9. The summed E-state index contributed by atoms with van der Waals surface area (Å²) in [6.07, 6.45) is 10.3. The van der Waals surface area contributed by atoms with Gasteiger partial charge in [-0.05, 0) is 25.2 Å². The second-order valence-electron chi connectivity index (χ2n) is 7.20. The van der Waals surface area contributed by atoms with Crippen LogP contribution >= 0.6 is 0 Å². The van der Waals surface area contributed by atoms with Crippen molar-refractivity contribution in [1.29, 1.82) is 0 Å². The third kappa shape index (κ3) is 4.41. The molecule has 0 radical (unpaired) electrons. The molecule has 2 heterocycles. The van der Waals surface area contributed by atoms with Crippen molar-refractivity contribution in [3.05, 3.63) is 12.4 Å². The highest BCUT2D eigenvalue weighted by atomic mass is 32.2. The lowest BCUT2D eigenvalue weighted by Gasteiger charge is -2.26. The van der Waals surface area contributed by atoms with Gasteiger partial charge in [0, 0.05) is 45.8 Å². The van der Waals surface area contributed by atoms with E-state index in [9.17, 15) is 13.2 Å². The van der Waals surface area contributed by atoms with E-state index in [4.69, 9.17) is 0 Å². The van der Waals surface area contributed by atoms with Gasteiger partial charge in [-0.3, -0.25) is 9.48 Å². The summed E-state index contributed by atoms with van der Waals surface area (Å²) in [5.41, 5.74) is 0. The molecule has 1 saturated heterocycles. The molecule has 25 heavy (non-hydrogen) atoms. The van der Waals surface area contributed by atoms with Crippen LogP contribution in [0.15, 0.2) is 17.3 Å². The smallest absolute Gasteiger partial charge is 0.246 e. The van der Waals surface area contributed by atoms with Gasteiger partial charge in [-0.15, -0.1) is 0 Å². The first kappa shape index (κ1) is 18.4. The number of sulfonamides is 1. The number of hydrogen-bond donors (Lipinski definition) is 0. The van der Waals surface area contributed by atoms with Gasteiger partial charge < -0.3 is 4.90 Å². The van der Waals surface area contributed by atoms with Crippen molar-refractivity contribution in [2.75, 3.05) is 26.2 Å². The van der Waals surface area contributed by atoms with E-state index in [0.717, 1.165) is 12.8 Å². The van der Waals surface area contributed by atoms with Crippen LogP contribution < -0.4 is 0 Å². The molecule has 7 nitrogen and oxygen atoms in total. The van der Waals surface area contributed by atoms with E-state index >= 15 is 0 Å². The number of amides is 1. The van der Waals surface area contributed by atoms with E-state index in [1.165, 1.54) is 40.6 Å². The lowest BCUT2D eigenvalue weighted by Crippen LogP contribution is -2.38. The SMILES string of the molecule is Cn1cc(S(=O)(=O)N2CCCN(C(=O)CC3CCCCC3)CC2)cn1. The van der Waals surface area contributed by atoms with Gasteiger partial charge in [0.05, 0.1) is 6.20 Å². The molecule has 2 aliphatic rings. The molecule has 0 unspecified atom stereocenters. The fraction of sp³-hybridized carbons (Fsp3) is 0.765. The summed E-state index contributed by atoms with van der Waals surface area (Å²) in [6, 6.07) is 0. The van der Waals surface area contributed by atoms with Crippen molar-refractivity contribution in [1.82, 2.24) is 19.0 Å². The largest absolute Gasteiger partial charge is 0.341 e. The Labute approximate surface area is 150 Å². The molecule has 8 heteroatoms. The quantitative estimate of drug-likeness (QED) is 0.809. The number of nitrogens with zero attached hydrogens (tertiary/aromatic N) is 4. The molecular weight excluding hydrogens is 340 g/mol. The van der Waals surface area contributed by atoms with Gasteiger partial charge in [-0.2, -0.15) is 9.40 Å². The summed E-state index contributed by atoms with van der Waals surface area (Å²) in [4.78, 5) is 14.7. The summed E-state index contributed by atoms with van der Waals surface area (Å²) in [7, 11) is -1.83. The highest BCUT2D eigenvalue weighted by molar-refractivity contribution is 7.89. The lowest BCUT2D eigenvalue weighted by molar-refractivity contribution is -0.132. The third-order valence-electron chi connectivity index (χ3n) is 5.31. The molecule has 0 atom stereocenters. The van der Waals surface area contributed by atoms with E-state index < -0.39 is 10.0 Å². The van der Waals surface area contributed by atoms with Gasteiger partial charge in [-0.1, -0.05) is 19.3 Å². The summed E-state index contributed by atoms with van der Waals surface area (Å²) in [5.74, 6) is 0.701. The second kappa shape index (κ2) is 7.86. The molecule has 1 aromatic rings. The minimum atomic E-state index is -3.53. The van der Waals surface area contributed by atoms with E-state index in [1.807, 2.05) is 4.90 Å². The molecule has 1 aromatic heterocycles. The average molecular weight is 369 g/mol. The molecule has 0 aromatic carbocycles. The van der Waals surface area contributed by atoms with Crippen molar-refractivity contribution < 1.29 is 13.2 Å². The molecule has 1 aliphatic carbocycles. The number of carbonyl (C=O) groups excluding carboxylic acids is 1. The van der Waals surface area contributed by atoms with Crippen LogP contribution in [0.2, 0.25) is 0 Å². The fourth-order valence-electron chi connectivity index (χ4n) is 3.83. The Balaban J connectivity index is 1.59. The molecule has 1 aliphatic heterocycles. The van der Waals surface area contributed by atoms with Crippen LogP contribution in [0, 0.1) is 5.92 Å². The molecule has 3 rings (SSSR count). The minimum absolute atomic E-state index is 0.188. The first-order valence-corrected chi connectivity index (χ1v) is 10.7. The predicted molar refractivity (Wildman–Crippen MR) is 94.4 cm³/mol. The Hall–Kier alpha value is -1.41. The average Bonchev–Trinajstić information content (AvgIpc) is 2.89. The van der Waals surface area contributed by atoms with Crippen molar-refractivity contribution in [2.24, 2.45) is 13.0 Å². The van der Waals surface area contributed by atoms with Crippen molar-refractivity contribution in [3.8, 4) is 0 Å². The third-order valence-corrected chi connectivity index (χ3v) is 7.17. The van der Waals surface area contributed by atoms with Crippen LogP contribution in [0.3, 0.4) is 0 Å². The number of hydrogen-bond acceptors (Lipinski definition) is 4. The molecular formula is C17H28N4O3S. The van der Waals surface area contributed by atoms with Crippen molar-refractivity contribution >= 4 is 15.9 Å². The Morgan fingerprint density at radius 3 is 2.56 bits per heavy atom. The molecule has 0 bridgehead atoms. The van der Waals surface area contributed by atoms with Crippen molar-refractivity contribution in [3.63, 3.8) is 0 Å². The maximum absolute atomic E-state index is 12.7. The Morgan fingerprint density at radius 1 is 1.12 bits per heavy atom. The fourth-order valence-corrected chi connectivity index (χ4v) is 5.29. The van der Waals surface area contributed by atoms with E-state index in [0.29, 0.717) is 44.9 Å². The number of aromatic nitrogens is 2. The van der Waals surface area contributed by atoms with Gasteiger partial charge in [-0.25, -0.2) is 8.42 Å². The summed E-state index contributed by atoms with van der Waals surface area (Å²) >= 11 is 0. The Kier molecular flexibility index (Phi) is 5.78. The molecule has 0 spiro atoms. The summed E-state index contributed by atoms with van der Waals surface area (Å²) in [5, 5.41) is 3.96. The molecule has 2 fully saturated rings. The van der Waals surface area contributed by atoms with E-state index in [-0.39, 0.29) is 10.8 Å². The van der Waals surface area contributed by atoms with Crippen molar-refractivity contribution in [2.45, 2.75) is 49.8 Å². The van der Waals surface area contributed by atoms with Gasteiger partial charge >= 0.3 is 0 Å². The van der Waals surface area contributed by atoms with Gasteiger partial charge in [0.15, 0.2) is 0 Å². The van der Waals surface area contributed by atoms with E-state index in [2.05, 4.69) is 5.10 Å². The molecule has 1 saturated carbocycles. The van der Waals surface area contributed by atoms with Crippen LogP contribution in [0.25, 0.3) is 0 Å². The normalized spacial score (nSPS) is 21.2. The standard InChI is InChI=1S/C17H28N4O3S/c1-19-14-16(13-18-19)25(23,24)21-9-5-8-20(10-11-21)17(22)12-15-6-3-2-4-7-15/h13-15H,2-12H2,1H3. The van der Waals surface area contributed by atoms with Crippen LogP contribution in [0.1, 0.15) is 44.9 Å². The molecule has 1 amide bonds. The first-order valence-electron chi connectivity index (χ1n) is 9.23. The number of rotatable bonds is 4. The number of carbonyl (C=O) groups is 1. The molecule has 140 valence electrons. The molecule has 0 N–H and O–H groups in total. The maximum atomic E-state index is 12.7. The zero-order valence-corrected chi connectivity index (χ0v) is 15.7. The first-order chi connectivity index (χ1) is 12.0. The van der Waals surface area contributed by atoms with Gasteiger partial charge in [0.2, 0.25) is 15.9 Å². The Bertz CT molecular complexity index is 695. The topological polar surface area (TPSA) is 75.5 Å². The van der Waals surface area contributed by atoms with Crippen LogP contribution in [-0.4, -0.2) is 59.5 Å². The van der Waals surface area contributed by atoms with E-state index in [1.54, 1.807) is 7.05 Å². The van der Waals surface area contributed by atoms with Gasteiger partial charge in [0.25, 0.3) is 0 Å². The second-order valence-corrected chi connectivity index (χ2v) is 9.13. The van der Waals surface area contributed by atoms with Gasteiger partial charge in [0.1, 0.15) is 4.90 Å². The number of aryl methyl sites for hydroxylation is 1. The highest BCUT2D eigenvalue weighted by Crippen LogP contribution is 2.27. The zero-order chi connectivity index (χ0) is 17.9. The predicted octanol–water partition coefficient (Wildman–Crippen LogP) is 1.61. The monoisotopic (exact) mass is 368 g/mol. The lowest BCUT2D eigenvalue weighted by atomic mass is 9.86. The van der Waals surface area contributed by atoms with Crippen LogP contribution in [0.5, 0.6) is 0 Å². The summed E-state index contributed by atoms with van der Waals surface area (Å²) in [6.45, 7) is 1.92.